The normalized spacial score (nSPS) is 11.0. The van der Waals surface area contributed by atoms with Crippen LogP contribution in [-0.4, -0.2) is 30.5 Å². The number of aromatic nitrogens is 5. The fourth-order valence-electron chi connectivity index (χ4n) is 3.65. The van der Waals surface area contributed by atoms with Gasteiger partial charge in [-0.05, 0) is 29.8 Å². The number of rotatable bonds is 8. The van der Waals surface area contributed by atoms with Crippen molar-refractivity contribution in [3.8, 4) is 0 Å². The summed E-state index contributed by atoms with van der Waals surface area (Å²) in [5.74, 6) is 0.271. The molecule has 0 aliphatic carbocycles. The van der Waals surface area contributed by atoms with Gasteiger partial charge in [-0.3, -0.25) is 14.2 Å². The third-order valence-corrected chi connectivity index (χ3v) is 6.32. The summed E-state index contributed by atoms with van der Waals surface area (Å²) in [7, 11) is 0. The zero-order valence-corrected chi connectivity index (χ0v) is 19.6. The fourth-order valence-corrected chi connectivity index (χ4v) is 4.53. The number of hydrogen-bond acceptors (Lipinski definition) is 6. The summed E-state index contributed by atoms with van der Waals surface area (Å²) in [6.07, 6.45) is 1.73. The lowest BCUT2D eigenvalue weighted by Crippen LogP contribution is -2.24. The summed E-state index contributed by atoms with van der Waals surface area (Å²) in [6.45, 7) is 0.478. The molecule has 0 saturated carbocycles. The van der Waals surface area contributed by atoms with E-state index in [2.05, 4.69) is 15.6 Å². The second-order valence-electron chi connectivity index (χ2n) is 7.90. The molecular formula is C26H22N6O2S. The van der Waals surface area contributed by atoms with Crippen molar-refractivity contribution in [1.82, 2.24) is 24.5 Å². The maximum Gasteiger partial charge on any atom is 0.262 e. The number of hydrogen-bond donors (Lipinski definition) is 1. The van der Waals surface area contributed by atoms with Gasteiger partial charge in [0.1, 0.15) is 6.54 Å². The zero-order valence-electron chi connectivity index (χ0n) is 18.7. The van der Waals surface area contributed by atoms with Crippen molar-refractivity contribution in [2.24, 2.45) is 0 Å². The van der Waals surface area contributed by atoms with Crippen LogP contribution in [0, 0.1) is 0 Å². The van der Waals surface area contributed by atoms with Crippen molar-refractivity contribution in [3.63, 3.8) is 0 Å². The first-order valence-corrected chi connectivity index (χ1v) is 12.0. The Balaban J connectivity index is 1.32. The van der Waals surface area contributed by atoms with E-state index in [1.807, 2.05) is 78.9 Å². The summed E-state index contributed by atoms with van der Waals surface area (Å²) < 4.78 is 3.19. The number of carbonyl (C=O) groups excluding carboxylic acids is 1. The van der Waals surface area contributed by atoms with Crippen LogP contribution < -0.4 is 10.9 Å². The molecule has 0 radical (unpaired) electrons. The Hall–Kier alpha value is -4.24. The topological polar surface area (TPSA) is 94.7 Å². The van der Waals surface area contributed by atoms with E-state index in [-0.39, 0.29) is 18.0 Å². The Morgan fingerprint density at radius 1 is 0.914 bits per heavy atom. The molecule has 0 atom stereocenters. The Labute approximate surface area is 205 Å². The van der Waals surface area contributed by atoms with Crippen LogP contribution in [0.5, 0.6) is 0 Å². The molecule has 1 N–H and O–H groups in total. The van der Waals surface area contributed by atoms with Gasteiger partial charge in [-0.2, -0.15) is 0 Å². The molecule has 9 heteroatoms. The molecule has 2 heterocycles. The van der Waals surface area contributed by atoms with Crippen LogP contribution >= 0.6 is 11.8 Å². The van der Waals surface area contributed by atoms with Gasteiger partial charge in [0.05, 0.1) is 23.1 Å². The monoisotopic (exact) mass is 482 g/mol. The van der Waals surface area contributed by atoms with Gasteiger partial charge < -0.3 is 5.32 Å². The molecule has 5 rings (SSSR count). The van der Waals surface area contributed by atoms with Gasteiger partial charge in [-0.25, -0.2) is 9.67 Å². The van der Waals surface area contributed by atoms with Crippen molar-refractivity contribution in [2.45, 2.75) is 24.0 Å². The average molecular weight is 483 g/mol. The molecule has 0 aliphatic rings. The van der Waals surface area contributed by atoms with E-state index < -0.39 is 0 Å². The Bertz CT molecular complexity index is 1520. The van der Waals surface area contributed by atoms with Crippen LogP contribution in [0.2, 0.25) is 0 Å². The number of carbonyl (C=O) groups is 1. The molecule has 0 unspecified atom stereocenters. The summed E-state index contributed by atoms with van der Waals surface area (Å²) in [4.78, 5) is 30.3. The van der Waals surface area contributed by atoms with Crippen LogP contribution in [0.4, 0.5) is 5.69 Å². The number of benzene rings is 3. The van der Waals surface area contributed by atoms with E-state index in [1.54, 1.807) is 16.8 Å². The van der Waals surface area contributed by atoms with Crippen molar-refractivity contribution >= 4 is 34.3 Å². The number of thioether (sulfide) groups is 1. The minimum absolute atomic E-state index is 0.0551. The van der Waals surface area contributed by atoms with Gasteiger partial charge in [-0.15, -0.1) is 5.10 Å². The quantitative estimate of drug-likeness (QED) is 0.266. The van der Waals surface area contributed by atoms with Gasteiger partial charge >= 0.3 is 0 Å². The van der Waals surface area contributed by atoms with Gasteiger partial charge in [-0.1, -0.05) is 77.6 Å². The summed E-state index contributed by atoms with van der Waals surface area (Å²) in [5, 5.41) is 12.3. The lowest BCUT2D eigenvalue weighted by Gasteiger charge is -2.13. The number of nitrogens with one attached hydrogen (secondary N) is 1. The standard InChI is InChI=1S/C26H22N6O2S/c33-24(27-20-11-5-2-6-12-20)17-31-16-21(29-30-31)18-35-26-28-23-14-8-7-13-22(23)25(34)32(26)15-19-9-3-1-4-10-19/h1-14,16H,15,17-18H2,(H,27,33). The second-order valence-corrected chi connectivity index (χ2v) is 8.84. The molecule has 8 nitrogen and oxygen atoms in total. The highest BCUT2D eigenvalue weighted by atomic mass is 32.2. The maximum absolute atomic E-state index is 13.3. The molecule has 3 aromatic carbocycles. The van der Waals surface area contributed by atoms with E-state index in [4.69, 9.17) is 4.98 Å². The number of nitrogens with zero attached hydrogens (tertiary/aromatic N) is 5. The molecule has 0 spiro atoms. The van der Waals surface area contributed by atoms with Crippen molar-refractivity contribution in [1.29, 1.82) is 0 Å². The predicted molar refractivity (Wildman–Crippen MR) is 136 cm³/mol. The van der Waals surface area contributed by atoms with E-state index >= 15 is 0 Å². The second kappa shape index (κ2) is 10.4. The SMILES string of the molecule is O=C(Cn1cc(CSc2nc3ccccc3c(=O)n2Cc2ccccc2)nn1)Nc1ccccc1. The molecule has 35 heavy (non-hydrogen) atoms. The van der Waals surface area contributed by atoms with Crippen molar-refractivity contribution in [2.75, 3.05) is 5.32 Å². The molecule has 5 aromatic rings. The smallest absolute Gasteiger partial charge is 0.262 e. The zero-order chi connectivity index (χ0) is 24.0. The number of fused-ring (bicyclic) bond motifs is 1. The Morgan fingerprint density at radius 3 is 2.43 bits per heavy atom. The first-order valence-electron chi connectivity index (χ1n) is 11.1. The molecular weight excluding hydrogens is 460 g/mol. The molecule has 0 saturated heterocycles. The van der Waals surface area contributed by atoms with Crippen LogP contribution in [0.1, 0.15) is 11.3 Å². The maximum atomic E-state index is 13.3. The predicted octanol–water partition coefficient (Wildman–Crippen LogP) is 3.97. The lowest BCUT2D eigenvalue weighted by atomic mass is 10.2. The highest BCUT2D eigenvalue weighted by Gasteiger charge is 2.14. The summed E-state index contributed by atoms with van der Waals surface area (Å²) >= 11 is 1.42. The van der Waals surface area contributed by atoms with Crippen LogP contribution in [0.15, 0.2) is 101 Å². The third kappa shape index (κ3) is 5.47. The largest absolute Gasteiger partial charge is 0.324 e. The van der Waals surface area contributed by atoms with Gasteiger partial charge in [0, 0.05) is 17.6 Å². The number of anilines is 1. The van der Waals surface area contributed by atoms with Crippen molar-refractivity contribution in [3.05, 3.63) is 113 Å². The van der Waals surface area contributed by atoms with Crippen LogP contribution in [-0.2, 0) is 23.6 Å². The Morgan fingerprint density at radius 2 is 1.63 bits per heavy atom. The van der Waals surface area contributed by atoms with Crippen LogP contribution in [0.25, 0.3) is 10.9 Å². The fraction of sp³-hybridized carbons (Fsp3) is 0.115. The minimum Gasteiger partial charge on any atom is -0.324 e. The molecule has 0 fully saturated rings. The number of para-hydroxylation sites is 2. The minimum atomic E-state index is -0.187. The first-order chi connectivity index (χ1) is 17.2. The van der Waals surface area contributed by atoms with E-state index in [0.717, 1.165) is 11.3 Å². The van der Waals surface area contributed by atoms with Crippen molar-refractivity contribution < 1.29 is 4.79 Å². The average Bonchev–Trinajstić information content (AvgIpc) is 3.33. The van der Waals surface area contributed by atoms with E-state index in [1.165, 1.54) is 16.4 Å². The van der Waals surface area contributed by atoms with Crippen LogP contribution in [0.3, 0.4) is 0 Å². The summed E-state index contributed by atoms with van der Waals surface area (Å²) in [6, 6.07) is 26.4. The van der Waals surface area contributed by atoms with E-state index in [9.17, 15) is 9.59 Å². The molecule has 174 valence electrons. The molecule has 1 amide bonds. The number of amides is 1. The lowest BCUT2D eigenvalue weighted by molar-refractivity contribution is -0.116. The van der Waals surface area contributed by atoms with E-state index in [0.29, 0.717) is 34.1 Å². The first kappa shape index (κ1) is 22.5. The third-order valence-electron chi connectivity index (χ3n) is 5.31. The molecule has 0 aliphatic heterocycles. The highest BCUT2D eigenvalue weighted by Crippen LogP contribution is 2.22. The Kier molecular flexibility index (Phi) is 6.67. The van der Waals surface area contributed by atoms with Gasteiger partial charge in [0.15, 0.2) is 5.16 Å². The highest BCUT2D eigenvalue weighted by molar-refractivity contribution is 7.98. The molecule has 0 bridgehead atoms. The van der Waals surface area contributed by atoms with Gasteiger partial charge in [0.2, 0.25) is 5.91 Å². The molecule has 2 aromatic heterocycles. The van der Waals surface area contributed by atoms with Gasteiger partial charge in [0.25, 0.3) is 5.56 Å². The summed E-state index contributed by atoms with van der Waals surface area (Å²) in [5.41, 5.74) is 3.01.